The molecule has 1 aromatic carbocycles. The van der Waals surface area contributed by atoms with Crippen molar-refractivity contribution in [2.45, 2.75) is 38.4 Å². The van der Waals surface area contributed by atoms with Crippen molar-refractivity contribution in [1.82, 2.24) is 5.32 Å². The molecule has 3 nitrogen and oxygen atoms in total. The molecule has 0 saturated carbocycles. The predicted molar refractivity (Wildman–Crippen MR) is 70.8 cm³/mol. The minimum atomic E-state index is -4.40. The maximum Gasteiger partial charge on any atom is 0.416 e. The van der Waals surface area contributed by atoms with Crippen molar-refractivity contribution >= 4 is 5.91 Å². The Morgan fingerprint density at radius 1 is 1.15 bits per heavy atom. The van der Waals surface area contributed by atoms with Gasteiger partial charge in [-0.2, -0.15) is 13.2 Å². The smallest absolute Gasteiger partial charge is 0.352 e. The highest BCUT2D eigenvalue weighted by molar-refractivity contribution is 5.75. The lowest BCUT2D eigenvalue weighted by Crippen LogP contribution is -2.24. The van der Waals surface area contributed by atoms with Crippen molar-refractivity contribution in [3.8, 4) is 0 Å². The third kappa shape index (κ3) is 5.61. The van der Waals surface area contributed by atoms with E-state index < -0.39 is 11.7 Å². The van der Waals surface area contributed by atoms with Crippen LogP contribution in [0.15, 0.2) is 24.3 Å². The zero-order valence-electron chi connectivity index (χ0n) is 11.2. The van der Waals surface area contributed by atoms with Gasteiger partial charge in [-0.05, 0) is 31.0 Å². The molecule has 0 spiro atoms. The van der Waals surface area contributed by atoms with E-state index in [0.29, 0.717) is 19.4 Å². The Bertz CT molecular complexity index is 433. The fourth-order valence-electron chi connectivity index (χ4n) is 1.84. The van der Waals surface area contributed by atoms with Crippen molar-refractivity contribution in [3.63, 3.8) is 0 Å². The summed E-state index contributed by atoms with van der Waals surface area (Å²) in [4.78, 5) is 11.5. The van der Waals surface area contributed by atoms with E-state index in [1.165, 1.54) is 18.2 Å². The standard InChI is InChI=1S/C14H19F3N2O/c15-14(16,17)12-7-4-3-6-11(12)10-19-13(20)8-2-1-5-9-18/h3-4,6-7H,1-2,5,8-10,18H2,(H,19,20). The number of hydrogen-bond acceptors (Lipinski definition) is 2. The number of nitrogens with one attached hydrogen (secondary N) is 1. The number of carbonyl (C=O) groups is 1. The van der Waals surface area contributed by atoms with E-state index in [0.717, 1.165) is 18.9 Å². The lowest BCUT2D eigenvalue weighted by atomic mass is 10.1. The van der Waals surface area contributed by atoms with E-state index in [4.69, 9.17) is 5.73 Å². The van der Waals surface area contributed by atoms with E-state index in [-0.39, 0.29) is 18.0 Å². The first-order valence-corrected chi connectivity index (χ1v) is 6.57. The van der Waals surface area contributed by atoms with Crippen LogP contribution >= 0.6 is 0 Å². The normalized spacial score (nSPS) is 11.4. The summed E-state index contributed by atoms with van der Waals surface area (Å²) < 4.78 is 38.2. The zero-order chi connectivity index (χ0) is 15.0. The molecule has 0 radical (unpaired) electrons. The van der Waals surface area contributed by atoms with E-state index in [1.807, 2.05) is 0 Å². The predicted octanol–water partition coefficient (Wildman–Crippen LogP) is 2.84. The number of nitrogens with two attached hydrogens (primary N) is 1. The maximum absolute atomic E-state index is 12.7. The van der Waals surface area contributed by atoms with Gasteiger partial charge in [0.25, 0.3) is 0 Å². The van der Waals surface area contributed by atoms with Crippen LogP contribution in [0.25, 0.3) is 0 Å². The molecule has 1 aromatic rings. The highest BCUT2D eigenvalue weighted by Crippen LogP contribution is 2.31. The molecule has 0 aliphatic carbocycles. The van der Waals surface area contributed by atoms with Gasteiger partial charge in [0.1, 0.15) is 0 Å². The van der Waals surface area contributed by atoms with E-state index in [2.05, 4.69) is 5.32 Å². The minimum Gasteiger partial charge on any atom is -0.352 e. The Kier molecular flexibility index (Phi) is 6.51. The van der Waals surface area contributed by atoms with Gasteiger partial charge in [0.05, 0.1) is 5.56 Å². The second-order valence-electron chi connectivity index (χ2n) is 4.53. The molecule has 1 rings (SSSR count). The first kappa shape index (κ1) is 16.5. The van der Waals surface area contributed by atoms with Gasteiger partial charge in [-0.1, -0.05) is 24.6 Å². The molecule has 0 aliphatic heterocycles. The third-order valence-corrected chi connectivity index (χ3v) is 2.91. The SMILES string of the molecule is NCCCCCC(=O)NCc1ccccc1C(F)(F)F. The number of alkyl halides is 3. The van der Waals surface area contributed by atoms with Crippen molar-refractivity contribution < 1.29 is 18.0 Å². The third-order valence-electron chi connectivity index (χ3n) is 2.91. The molecular weight excluding hydrogens is 269 g/mol. The van der Waals surface area contributed by atoms with Crippen LogP contribution in [0.1, 0.15) is 36.8 Å². The molecule has 0 bridgehead atoms. The Morgan fingerprint density at radius 3 is 2.50 bits per heavy atom. The minimum absolute atomic E-state index is 0.0790. The molecular formula is C14H19F3N2O. The average Bonchev–Trinajstić information content (AvgIpc) is 2.40. The quantitative estimate of drug-likeness (QED) is 0.758. The highest BCUT2D eigenvalue weighted by atomic mass is 19.4. The van der Waals surface area contributed by atoms with Gasteiger partial charge in [0.2, 0.25) is 5.91 Å². The van der Waals surface area contributed by atoms with Crippen LogP contribution in [-0.4, -0.2) is 12.5 Å². The summed E-state index contributed by atoms with van der Waals surface area (Å²) in [5, 5.41) is 2.52. The number of amides is 1. The molecule has 0 saturated heterocycles. The first-order chi connectivity index (χ1) is 9.45. The molecule has 112 valence electrons. The molecule has 3 N–H and O–H groups in total. The zero-order valence-corrected chi connectivity index (χ0v) is 11.2. The lowest BCUT2D eigenvalue weighted by Gasteiger charge is -2.13. The molecule has 20 heavy (non-hydrogen) atoms. The molecule has 0 aliphatic rings. The van der Waals surface area contributed by atoms with E-state index >= 15 is 0 Å². The van der Waals surface area contributed by atoms with E-state index in [1.54, 1.807) is 0 Å². The second kappa shape index (κ2) is 7.89. The number of carbonyl (C=O) groups excluding carboxylic acids is 1. The molecule has 0 atom stereocenters. The maximum atomic E-state index is 12.7. The van der Waals surface area contributed by atoms with Crippen LogP contribution in [0.3, 0.4) is 0 Å². The summed E-state index contributed by atoms with van der Waals surface area (Å²) in [6.45, 7) is 0.478. The largest absolute Gasteiger partial charge is 0.416 e. The van der Waals surface area contributed by atoms with Crippen molar-refractivity contribution in [1.29, 1.82) is 0 Å². The van der Waals surface area contributed by atoms with Crippen LogP contribution in [0.4, 0.5) is 13.2 Å². The molecule has 0 heterocycles. The van der Waals surface area contributed by atoms with Gasteiger partial charge >= 0.3 is 6.18 Å². The average molecular weight is 288 g/mol. The first-order valence-electron chi connectivity index (χ1n) is 6.57. The molecule has 1 amide bonds. The summed E-state index contributed by atoms with van der Waals surface area (Å²) in [7, 11) is 0. The number of unbranched alkanes of at least 4 members (excludes halogenated alkanes) is 2. The summed E-state index contributed by atoms with van der Waals surface area (Å²) in [6, 6.07) is 5.25. The Hall–Kier alpha value is -1.56. The second-order valence-corrected chi connectivity index (χ2v) is 4.53. The molecule has 0 unspecified atom stereocenters. The van der Waals surface area contributed by atoms with Crippen molar-refractivity contribution in [3.05, 3.63) is 35.4 Å². The van der Waals surface area contributed by atoms with Gasteiger partial charge in [-0.15, -0.1) is 0 Å². The Labute approximate surface area is 116 Å². The lowest BCUT2D eigenvalue weighted by molar-refractivity contribution is -0.138. The van der Waals surface area contributed by atoms with Gasteiger partial charge in [-0.3, -0.25) is 4.79 Å². The number of rotatable bonds is 7. The van der Waals surface area contributed by atoms with Crippen LogP contribution in [-0.2, 0) is 17.5 Å². The van der Waals surface area contributed by atoms with Crippen LogP contribution in [0, 0.1) is 0 Å². The molecule has 6 heteroatoms. The van der Waals surface area contributed by atoms with Crippen LogP contribution in [0.5, 0.6) is 0 Å². The Morgan fingerprint density at radius 2 is 1.85 bits per heavy atom. The summed E-state index contributed by atoms with van der Waals surface area (Å²) in [5.41, 5.74) is 4.70. The summed E-state index contributed by atoms with van der Waals surface area (Å²) in [5.74, 6) is -0.237. The molecule has 0 fully saturated rings. The fourth-order valence-corrected chi connectivity index (χ4v) is 1.84. The van der Waals surface area contributed by atoms with Gasteiger partial charge in [-0.25, -0.2) is 0 Å². The number of halogens is 3. The summed E-state index contributed by atoms with van der Waals surface area (Å²) >= 11 is 0. The van der Waals surface area contributed by atoms with Crippen molar-refractivity contribution in [2.24, 2.45) is 5.73 Å². The topological polar surface area (TPSA) is 55.1 Å². The Balaban J connectivity index is 2.48. The fraction of sp³-hybridized carbons (Fsp3) is 0.500. The van der Waals surface area contributed by atoms with Gasteiger partial charge in [0, 0.05) is 13.0 Å². The van der Waals surface area contributed by atoms with Crippen molar-refractivity contribution in [2.75, 3.05) is 6.54 Å². The van der Waals surface area contributed by atoms with E-state index in [9.17, 15) is 18.0 Å². The summed E-state index contributed by atoms with van der Waals surface area (Å²) in [6.07, 6.45) is -1.69. The van der Waals surface area contributed by atoms with Gasteiger partial charge < -0.3 is 11.1 Å². The molecule has 0 aromatic heterocycles. The monoisotopic (exact) mass is 288 g/mol. The number of benzene rings is 1. The number of hydrogen-bond donors (Lipinski definition) is 2. The van der Waals surface area contributed by atoms with Gasteiger partial charge in [0.15, 0.2) is 0 Å². The van der Waals surface area contributed by atoms with Crippen LogP contribution < -0.4 is 11.1 Å². The van der Waals surface area contributed by atoms with Crippen LogP contribution in [0.2, 0.25) is 0 Å². The highest BCUT2D eigenvalue weighted by Gasteiger charge is 2.32.